The number of nitrogen functional groups attached to an aromatic ring is 2. The van der Waals surface area contributed by atoms with Crippen LogP contribution in [0.4, 0.5) is 11.4 Å². The molecule has 218 valence electrons. The molecule has 4 nitrogen and oxygen atoms in total. The minimum atomic E-state index is -0.934. The Labute approximate surface area is 250 Å². The lowest BCUT2D eigenvalue weighted by Gasteiger charge is -2.37. The third-order valence-electron chi connectivity index (χ3n) is 9.13. The van der Waals surface area contributed by atoms with Crippen LogP contribution in [0.5, 0.6) is 0 Å². The Balaban J connectivity index is 2.10. The highest BCUT2D eigenvalue weighted by Gasteiger charge is 2.49. The number of hydrogen-bond acceptors (Lipinski definition) is 3. The molecule has 0 atom stereocenters. The summed E-state index contributed by atoms with van der Waals surface area (Å²) in [4.78, 5) is 13.0. The zero-order valence-electron chi connectivity index (χ0n) is 26.2. The summed E-state index contributed by atoms with van der Waals surface area (Å²) in [6.45, 7) is 17.4. The molecule has 0 bridgehead atoms. The highest BCUT2D eigenvalue weighted by atomic mass is 16.4. The minimum Gasteiger partial charge on any atom is -0.478 e. The van der Waals surface area contributed by atoms with Crippen molar-refractivity contribution in [3.63, 3.8) is 0 Å². The fourth-order valence-electron chi connectivity index (χ4n) is 7.05. The van der Waals surface area contributed by atoms with Gasteiger partial charge in [0.25, 0.3) is 0 Å². The van der Waals surface area contributed by atoms with Crippen LogP contribution in [0.2, 0.25) is 0 Å². The van der Waals surface area contributed by atoms with Gasteiger partial charge in [0, 0.05) is 11.4 Å². The molecule has 0 heterocycles. The van der Waals surface area contributed by atoms with Gasteiger partial charge in [0.05, 0.1) is 11.0 Å². The van der Waals surface area contributed by atoms with Gasteiger partial charge in [-0.15, -0.1) is 0 Å². The van der Waals surface area contributed by atoms with Gasteiger partial charge in [-0.2, -0.15) is 0 Å². The molecule has 0 fully saturated rings. The van der Waals surface area contributed by atoms with Crippen molar-refractivity contribution >= 4 is 17.3 Å². The molecule has 0 amide bonds. The first-order valence-electron chi connectivity index (χ1n) is 15.2. The predicted molar refractivity (Wildman–Crippen MR) is 176 cm³/mol. The van der Waals surface area contributed by atoms with Crippen LogP contribution in [0, 0.1) is 0 Å². The first-order valence-corrected chi connectivity index (χ1v) is 15.2. The van der Waals surface area contributed by atoms with Gasteiger partial charge in [-0.25, -0.2) is 4.79 Å². The van der Waals surface area contributed by atoms with Crippen LogP contribution in [0.3, 0.4) is 0 Å². The van der Waals surface area contributed by atoms with Gasteiger partial charge in [0.2, 0.25) is 0 Å². The molecule has 4 heteroatoms. The van der Waals surface area contributed by atoms with Crippen molar-refractivity contribution in [1.82, 2.24) is 0 Å². The summed E-state index contributed by atoms with van der Waals surface area (Å²) < 4.78 is 0. The van der Waals surface area contributed by atoms with Crippen molar-refractivity contribution in [2.45, 2.75) is 84.5 Å². The molecule has 5 N–H and O–H groups in total. The van der Waals surface area contributed by atoms with Gasteiger partial charge >= 0.3 is 5.97 Å². The summed E-state index contributed by atoms with van der Waals surface area (Å²) in [7, 11) is 0. The van der Waals surface area contributed by atoms with E-state index in [9.17, 15) is 9.90 Å². The summed E-state index contributed by atoms with van der Waals surface area (Å²) in [5, 5.41) is 10.7. The molecule has 4 aromatic carbocycles. The number of benzene rings is 4. The number of fused-ring (bicyclic) bond motifs is 3. The number of carboxylic acid groups (broad SMARTS) is 1. The molecule has 1 aliphatic rings. The van der Waals surface area contributed by atoms with E-state index >= 15 is 0 Å². The van der Waals surface area contributed by atoms with Crippen LogP contribution in [0.15, 0.2) is 66.7 Å². The van der Waals surface area contributed by atoms with Crippen molar-refractivity contribution in [2.75, 3.05) is 11.5 Å². The normalized spacial score (nSPS) is 13.7. The number of aromatic carboxylic acids is 1. The van der Waals surface area contributed by atoms with E-state index in [1.54, 1.807) is 6.07 Å². The standard InChI is InChI=1S/C38H44N2O2/c1-20(2)29-16-24(17-30(21(3)4)35(29)39)38(25-18-31(22(5)6)36(40)32(19-25)23(7)8)33-15-10-9-12-26(33)27-13-11-14-28(34(27)38)37(41)42/h9-23H,39-40H2,1-8H3,(H,41,42). The van der Waals surface area contributed by atoms with Gasteiger partial charge in [0.1, 0.15) is 0 Å². The Morgan fingerprint density at radius 2 is 1.02 bits per heavy atom. The van der Waals surface area contributed by atoms with E-state index < -0.39 is 11.4 Å². The molecule has 0 saturated heterocycles. The average molecular weight is 561 g/mol. The Morgan fingerprint density at radius 1 is 0.619 bits per heavy atom. The van der Waals surface area contributed by atoms with Gasteiger partial charge < -0.3 is 16.6 Å². The quantitative estimate of drug-likeness (QED) is 0.173. The van der Waals surface area contributed by atoms with Crippen molar-refractivity contribution < 1.29 is 9.90 Å². The van der Waals surface area contributed by atoms with Gasteiger partial charge in [-0.05, 0) is 85.4 Å². The van der Waals surface area contributed by atoms with Crippen LogP contribution < -0.4 is 11.5 Å². The van der Waals surface area contributed by atoms with Crippen LogP contribution in [-0.2, 0) is 5.41 Å². The van der Waals surface area contributed by atoms with E-state index in [0.29, 0.717) is 5.56 Å². The van der Waals surface area contributed by atoms with E-state index in [2.05, 4.69) is 104 Å². The molecule has 5 rings (SSSR count). The maximum absolute atomic E-state index is 13.0. The lowest BCUT2D eigenvalue weighted by Crippen LogP contribution is -2.32. The second-order valence-electron chi connectivity index (χ2n) is 13.1. The molecule has 4 aromatic rings. The molecular formula is C38H44N2O2. The fourth-order valence-corrected chi connectivity index (χ4v) is 7.05. The number of carboxylic acids is 1. The highest BCUT2D eigenvalue weighted by molar-refractivity contribution is 5.98. The lowest BCUT2D eigenvalue weighted by atomic mass is 9.64. The SMILES string of the molecule is CC(C)c1cc(C2(c3cc(C(C)C)c(N)c(C(C)C)c3)c3ccccc3-c3cccc(C(=O)O)c32)cc(C(C)C)c1N. The maximum Gasteiger partial charge on any atom is 0.336 e. The van der Waals surface area contributed by atoms with Gasteiger partial charge in [-0.3, -0.25) is 0 Å². The summed E-state index contributed by atoms with van der Waals surface area (Å²) >= 11 is 0. The van der Waals surface area contributed by atoms with E-state index in [-0.39, 0.29) is 23.7 Å². The van der Waals surface area contributed by atoms with E-state index in [4.69, 9.17) is 11.5 Å². The minimum absolute atomic E-state index is 0.189. The molecule has 0 unspecified atom stereocenters. The van der Waals surface area contributed by atoms with Crippen LogP contribution in [0.25, 0.3) is 11.1 Å². The van der Waals surface area contributed by atoms with Crippen molar-refractivity contribution in [3.8, 4) is 11.1 Å². The average Bonchev–Trinajstić information content (AvgIpc) is 3.24. The second kappa shape index (κ2) is 10.7. The Morgan fingerprint density at radius 3 is 1.43 bits per heavy atom. The summed E-state index contributed by atoms with van der Waals surface area (Å²) in [5.41, 5.74) is 25.0. The molecule has 0 aliphatic heterocycles. The molecular weight excluding hydrogens is 516 g/mol. The monoisotopic (exact) mass is 560 g/mol. The lowest BCUT2D eigenvalue weighted by molar-refractivity contribution is 0.0695. The van der Waals surface area contributed by atoms with Crippen molar-refractivity contribution in [2.24, 2.45) is 0 Å². The van der Waals surface area contributed by atoms with E-state index in [1.807, 2.05) is 12.1 Å². The summed E-state index contributed by atoms with van der Waals surface area (Å²) in [6, 6.07) is 23.0. The topological polar surface area (TPSA) is 89.3 Å². The number of carbonyl (C=O) groups is 1. The molecule has 0 radical (unpaired) electrons. The fraction of sp³-hybridized carbons (Fsp3) is 0.342. The second-order valence-corrected chi connectivity index (χ2v) is 13.1. The van der Waals surface area contributed by atoms with Crippen LogP contribution >= 0.6 is 0 Å². The molecule has 0 spiro atoms. The first-order chi connectivity index (χ1) is 19.8. The number of hydrogen-bond donors (Lipinski definition) is 3. The number of nitrogens with two attached hydrogens (primary N) is 2. The van der Waals surface area contributed by atoms with Gasteiger partial charge in [0.15, 0.2) is 0 Å². The number of anilines is 2. The first kappa shape index (κ1) is 29.4. The van der Waals surface area contributed by atoms with Crippen molar-refractivity contribution in [1.29, 1.82) is 0 Å². The Hall–Kier alpha value is -4.05. The maximum atomic E-state index is 13.0. The molecule has 1 aliphatic carbocycles. The van der Waals surface area contributed by atoms with Crippen LogP contribution in [-0.4, -0.2) is 11.1 Å². The van der Waals surface area contributed by atoms with E-state index in [1.165, 1.54) is 0 Å². The third kappa shape index (κ3) is 4.31. The summed E-state index contributed by atoms with van der Waals surface area (Å²) in [6.07, 6.45) is 0. The largest absolute Gasteiger partial charge is 0.478 e. The molecule has 0 aromatic heterocycles. The summed E-state index contributed by atoms with van der Waals surface area (Å²) in [5.74, 6) is -0.178. The zero-order chi connectivity index (χ0) is 30.7. The van der Waals surface area contributed by atoms with E-state index in [0.717, 1.165) is 67.0 Å². The predicted octanol–water partition coefficient (Wildman–Crippen LogP) is 9.41. The smallest absolute Gasteiger partial charge is 0.336 e. The van der Waals surface area contributed by atoms with Crippen molar-refractivity contribution in [3.05, 3.63) is 117 Å². The number of rotatable bonds is 7. The Bertz CT molecular complexity index is 1570. The molecule has 0 saturated carbocycles. The highest BCUT2D eigenvalue weighted by Crippen LogP contribution is 2.59. The Kier molecular flexibility index (Phi) is 7.47. The molecule has 42 heavy (non-hydrogen) atoms. The third-order valence-corrected chi connectivity index (χ3v) is 9.13. The zero-order valence-corrected chi connectivity index (χ0v) is 26.2. The van der Waals surface area contributed by atoms with Crippen LogP contribution in [0.1, 0.15) is 134 Å². The van der Waals surface area contributed by atoms with Gasteiger partial charge in [-0.1, -0.05) is 116 Å².